The third kappa shape index (κ3) is 1.76. The van der Waals surface area contributed by atoms with E-state index < -0.39 is 0 Å². The van der Waals surface area contributed by atoms with Gasteiger partial charge in [-0.15, -0.1) is 0 Å². The Hall–Kier alpha value is -0.800. The number of nitrogens with one attached hydrogen (secondary N) is 1. The van der Waals surface area contributed by atoms with Crippen molar-refractivity contribution < 1.29 is 5.11 Å². The zero-order valence-corrected chi connectivity index (χ0v) is 8.52. The smallest absolute Gasteiger partial charge is 0.0538 e. The van der Waals surface area contributed by atoms with Crippen molar-refractivity contribution >= 4 is 0 Å². The van der Waals surface area contributed by atoms with Gasteiger partial charge in [-0.3, -0.25) is 0 Å². The van der Waals surface area contributed by atoms with Crippen LogP contribution in [-0.4, -0.2) is 23.2 Å². The molecule has 1 rings (SSSR count). The lowest BCUT2D eigenvalue weighted by Gasteiger charge is -2.25. The summed E-state index contributed by atoms with van der Waals surface area (Å²) in [6.07, 6.45) is 0. The standard InChI is InChI=1S/C10H18N2O/c1-7-4-9(8(2)12-7)10(3,5-11)6-13/h4,12-13H,5-6,11H2,1-3H3. The summed E-state index contributed by atoms with van der Waals surface area (Å²) in [5.41, 5.74) is 8.67. The van der Waals surface area contributed by atoms with Gasteiger partial charge in [-0.05, 0) is 25.5 Å². The van der Waals surface area contributed by atoms with Crippen LogP contribution in [0.5, 0.6) is 0 Å². The van der Waals surface area contributed by atoms with Crippen LogP contribution in [-0.2, 0) is 5.41 Å². The molecule has 0 bridgehead atoms. The van der Waals surface area contributed by atoms with Crippen LogP contribution >= 0.6 is 0 Å². The van der Waals surface area contributed by atoms with Gasteiger partial charge in [0.1, 0.15) is 0 Å². The minimum Gasteiger partial charge on any atom is -0.395 e. The van der Waals surface area contributed by atoms with Crippen molar-refractivity contribution in [3.05, 3.63) is 23.0 Å². The van der Waals surface area contributed by atoms with E-state index in [1.54, 1.807) is 0 Å². The molecule has 1 aromatic heterocycles. The monoisotopic (exact) mass is 182 g/mol. The Balaban J connectivity index is 3.11. The number of aliphatic hydroxyl groups excluding tert-OH is 1. The SMILES string of the molecule is Cc1cc(C(C)(CN)CO)c(C)[nH]1. The molecule has 1 aromatic rings. The van der Waals surface area contributed by atoms with Gasteiger partial charge in [-0.25, -0.2) is 0 Å². The van der Waals surface area contributed by atoms with E-state index in [-0.39, 0.29) is 12.0 Å². The van der Waals surface area contributed by atoms with Crippen LogP contribution in [0.25, 0.3) is 0 Å². The van der Waals surface area contributed by atoms with Gasteiger partial charge in [-0.1, -0.05) is 6.92 Å². The van der Waals surface area contributed by atoms with Crippen molar-refractivity contribution in [2.75, 3.05) is 13.2 Å². The molecule has 3 heteroatoms. The number of aromatic amines is 1. The predicted molar refractivity (Wildman–Crippen MR) is 53.8 cm³/mol. The molecule has 0 spiro atoms. The molecule has 1 heterocycles. The first-order valence-electron chi connectivity index (χ1n) is 4.51. The van der Waals surface area contributed by atoms with E-state index >= 15 is 0 Å². The van der Waals surface area contributed by atoms with Gasteiger partial charge in [0.05, 0.1) is 6.61 Å². The fourth-order valence-corrected chi connectivity index (χ4v) is 1.61. The van der Waals surface area contributed by atoms with Crippen LogP contribution in [0, 0.1) is 13.8 Å². The van der Waals surface area contributed by atoms with Gasteiger partial charge >= 0.3 is 0 Å². The Bertz CT molecular complexity index is 287. The predicted octanol–water partition coefficient (Wildman–Crippen LogP) is 0.840. The molecule has 74 valence electrons. The van der Waals surface area contributed by atoms with Crippen molar-refractivity contribution in [1.82, 2.24) is 4.98 Å². The molecule has 0 aliphatic rings. The maximum atomic E-state index is 9.28. The molecule has 0 amide bonds. The highest BCUT2D eigenvalue weighted by atomic mass is 16.3. The van der Waals surface area contributed by atoms with Crippen LogP contribution in [0.15, 0.2) is 6.07 Å². The van der Waals surface area contributed by atoms with Crippen molar-refractivity contribution in [2.45, 2.75) is 26.2 Å². The summed E-state index contributed by atoms with van der Waals surface area (Å²) in [6, 6.07) is 2.05. The summed E-state index contributed by atoms with van der Waals surface area (Å²) in [7, 11) is 0. The van der Waals surface area contributed by atoms with E-state index in [1.165, 1.54) is 0 Å². The summed E-state index contributed by atoms with van der Waals surface area (Å²) in [5.74, 6) is 0. The van der Waals surface area contributed by atoms with E-state index in [1.807, 2.05) is 20.8 Å². The molecule has 0 aliphatic carbocycles. The molecule has 13 heavy (non-hydrogen) atoms. The van der Waals surface area contributed by atoms with Crippen molar-refractivity contribution in [3.63, 3.8) is 0 Å². The molecule has 0 aromatic carbocycles. The van der Waals surface area contributed by atoms with Crippen molar-refractivity contribution in [2.24, 2.45) is 5.73 Å². The number of aliphatic hydroxyl groups is 1. The second-order valence-corrected chi connectivity index (χ2v) is 3.91. The fourth-order valence-electron chi connectivity index (χ4n) is 1.61. The highest BCUT2D eigenvalue weighted by Gasteiger charge is 2.26. The molecule has 0 saturated carbocycles. The number of aryl methyl sites for hydroxylation is 2. The Labute approximate surface area is 79.0 Å². The molecule has 3 nitrogen and oxygen atoms in total. The van der Waals surface area contributed by atoms with Gasteiger partial charge in [0.15, 0.2) is 0 Å². The fraction of sp³-hybridized carbons (Fsp3) is 0.600. The van der Waals surface area contributed by atoms with Gasteiger partial charge < -0.3 is 15.8 Å². The summed E-state index contributed by atoms with van der Waals surface area (Å²) < 4.78 is 0. The maximum absolute atomic E-state index is 9.28. The van der Waals surface area contributed by atoms with Crippen molar-refractivity contribution in [1.29, 1.82) is 0 Å². The highest BCUT2D eigenvalue weighted by molar-refractivity contribution is 5.32. The van der Waals surface area contributed by atoms with Crippen LogP contribution in [0.2, 0.25) is 0 Å². The minimum atomic E-state index is -0.311. The largest absolute Gasteiger partial charge is 0.395 e. The average Bonchev–Trinajstić information content (AvgIpc) is 2.44. The lowest BCUT2D eigenvalue weighted by Crippen LogP contribution is -2.35. The third-order valence-electron chi connectivity index (χ3n) is 2.60. The summed E-state index contributed by atoms with van der Waals surface area (Å²) in [6.45, 7) is 6.53. The second-order valence-electron chi connectivity index (χ2n) is 3.91. The van der Waals surface area contributed by atoms with Gasteiger partial charge in [0.2, 0.25) is 0 Å². The van der Waals surface area contributed by atoms with Gasteiger partial charge in [0, 0.05) is 23.3 Å². The Morgan fingerprint density at radius 3 is 2.46 bits per heavy atom. The summed E-state index contributed by atoms with van der Waals surface area (Å²) >= 11 is 0. The van der Waals surface area contributed by atoms with E-state index in [4.69, 9.17) is 5.73 Å². The molecule has 4 N–H and O–H groups in total. The molecule has 1 unspecified atom stereocenters. The van der Waals surface area contributed by atoms with E-state index in [0.717, 1.165) is 17.0 Å². The number of H-pyrrole nitrogens is 1. The number of hydrogen-bond acceptors (Lipinski definition) is 2. The van der Waals surface area contributed by atoms with Gasteiger partial charge in [0.25, 0.3) is 0 Å². The zero-order chi connectivity index (χ0) is 10.1. The van der Waals surface area contributed by atoms with Crippen molar-refractivity contribution in [3.8, 4) is 0 Å². The van der Waals surface area contributed by atoms with E-state index in [0.29, 0.717) is 6.54 Å². The zero-order valence-electron chi connectivity index (χ0n) is 8.52. The van der Waals surface area contributed by atoms with Crippen LogP contribution < -0.4 is 5.73 Å². The first kappa shape index (κ1) is 10.3. The quantitative estimate of drug-likeness (QED) is 0.648. The minimum absolute atomic E-state index is 0.0850. The summed E-state index contributed by atoms with van der Waals surface area (Å²) in [5, 5.41) is 9.28. The highest BCUT2D eigenvalue weighted by Crippen LogP contribution is 2.25. The molecule has 0 fully saturated rings. The number of hydrogen-bond donors (Lipinski definition) is 3. The molecular formula is C10H18N2O. The normalized spacial score (nSPS) is 15.8. The topological polar surface area (TPSA) is 62.0 Å². The number of rotatable bonds is 3. The Kier molecular flexibility index (Phi) is 2.78. The third-order valence-corrected chi connectivity index (χ3v) is 2.60. The van der Waals surface area contributed by atoms with Crippen LogP contribution in [0.3, 0.4) is 0 Å². The lowest BCUT2D eigenvalue weighted by molar-refractivity contribution is 0.210. The molecular weight excluding hydrogens is 164 g/mol. The molecule has 0 aliphatic heterocycles. The maximum Gasteiger partial charge on any atom is 0.0538 e. The first-order valence-corrected chi connectivity index (χ1v) is 4.51. The van der Waals surface area contributed by atoms with Crippen LogP contribution in [0.4, 0.5) is 0 Å². The number of nitrogens with two attached hydrogens (primary N) is 1. The van der Waals surface area contributed by atoms with Crippen LogP contribution in [0.1, 0.15) is 23.9 Å². The van der Waals surface area contributed by atoms with Gasteiger partial charge in [-0.2, -0.15) is 0 Å². The Morgan fingerprint density at radius 1 is 1.54 bits per heavy atom. The lowest BCUT2D eigenvalue weighted by atomic mass is 9.83. The van der Waals surface area contributed by atoms with E-state index in [2.05, 4.69) is 11.1 Å². The molecule has 0 saturated heterocycles. The average molecular weight is 182 g/mol. The molecule has 1 atom stereocenters. The first-order chi connectivity index (χ1) is 6.03. The molecule has 0 radical (unpaired) electrons. The second kappa shape index (κ2) is 3.52. The Morgan fingerprint density at radius 2 is 2.15 bits per heavy atom. The summed E-state index contributed by atoms with van der Waals surface area (Å²) in [4.78, 5) is 3.22. The number of aromatic nitrogens is 1. The van der Waals surface area contributed by atoms with E-state index in [9.17, 15) is 5.11 Å².